The van der Waals surface area contributed by atoms with Crippen LogP contribution < -0.4 is 5.36 Å². The van der Waals surface area contributed by atoms with Crippen LogP contribution in [0.1, 0.15) is 60.3 Å². The molecule has 2 saturated carbocycles. The van der Waals surface area contributed by atoms with Crippen molar-refractivity contribution >= 4 is 15.6 Å². The van der Waals surface area contributed by atoms with E-state index in [9.17, 15) is 36.2 Å². The van der Waals surface area contributed by atoms with Crippen molar-refractivity contribution in [3.05, 3.63) is 40.6 Å². The number of aromatic nitrogens is 3. The van der Waals surface area contributed by atoms with Crippen LogP contribution in [0.25, 0.3) is 0 Å². The molecule has 0 bridgehead atoms. The first kappa shape index (κ1) is 25.3. The van der Waals surface area contributed by atoms with Crippen molar-refractivity contribution in [2.24, 2.45) is 16.8 Å². The molecule has 192 valence electrons. The number of halogens is 5. The number of alkyl halides is 5. The second-order valence-corrected chi connectivity index (χ2v) is 11.5. The molecule has 0 saturated heterocycles. The maximum atomic E-state index is 14.1. The Balaban J connectivity index is 1.84. The van der Waals surface area contributed by atoms with E-state index >= 15 is 0 Å². The van der Waals surface area contributed by atoms with E-state index in [2.05, 4.69) is 10.1 Å². The summed E-state index contributed by atoms with van der Waals surface area (Å²) in [5.74, 6) is -5.90. The van der Waals surface area contributed by atoms with Gasteiger partial charge in [-0.2, -0.15) is 23.0 Å². The Labute approximate surface area is 197 Å². The Morgan fingerprint density at radius 2 is 2.00 bits per heavy atom. The molecule has 0 radical (unpaired) electrons. The lowest BCUT2D eigenvalue weighted by atomic mass is 9.98. The van der Waals surface area contributed by atoms with E-state index in [4.69, 9.17) is 4.78 Å². The summed E-state index contributed by atoms with van der Waals surface area (Å²) in [7, 11) is -3.45. The lowest BCUT2D eigenvalue weighted by Crippen LogP contribution is -2.22. The zero-order valence-corrected chi connectivity index (χ0v) is 19.7. The van der Waals surface area contributed by atoms with E-state index in [1.54, 1.807) is 6.92 Å². The number of rotatable bonds is 5. The molecule has 4 rings (SSSR count). The van der Waals surface area contributed by atoms with Gasteiger partial charge in [0.1, 0.15) is 11.3 Å². The van der Waals surface area contributed by atoms with E-state index in [0.717, 1.165) is 29.3 Å². The average molecular weight is 522 g/mol. The third-order valence-electron chi connectivity index (χ3n) is 6.34. The summed E-state index contributed by atoms with van der Waals surface area (Å²) in [5.41, 5.74) is -2.36. The number of nitrogens with zero attached hydrogens (tertiary/aromatic N) is 4. The minimum absolute atomic E-state index is 0.230. The summed E-state index contributed by atoms with van der Waals surface area (Å²) in [6.07, 6.45) is -2.95. The van der Waals surface area contributed by atoms with E-state index in [1.807, 2.05) is 0 Å². The fourth-order valence-corrected chi connectivity index (χ4v) is 5.28. The number of amides is 1. The van der Waals surface area contributed by atoms with Gasteiger partial charge in [-0.3, -0.25) is 9.48 Å². The molecule has 2 aliphatic carbocycles. The van der Waals surface area contributed by atoms with E-state index in [-0.39, 0.29) is 17.6 Å². The molecule has 0 aromatic carbocycles. The highest BCUT2D eigenvalue weighted by Crippen LogP contribution is 2.48. The Hall–Kier alpha value is -2.77. The predicted octanol–water partition coefficient (Wildman–Crippen LogP) is 4.28. The predicted molar refractivity (Wildman–Crippen MR) is 113 cm³/mol. The second-order valence-electron chi connectivity index (χ2n) is 9.39. The van der Waals surface area contributed by atoms with Gasteiger partial charge in [-0.25, -0.2) is 22.8 Å². The van der Waals surface area contributed by atoms with Crippen molar-refractivity contribution in [1.82, 2.24) is 14.5 Å². The molecule has 35 heavy (non-hydrogen) atoms. The highest BCUT2D eigenvalue weighted by molar-refractivity contribution is 7.91. The van der Waals surface area contributed by atoms with Crippen LogP contribution in [0.15, 0.2) is 28.3 Å². The number of hydrogen-bond donors (Lipinski definition) is 2. The van der Waals surface area contributed by atoms with Gasteiger partial charge in [0.2, 0.25) is 5.92 Å². The number of hydrogen-bond acceptors (Lipinski definition) is 5. The third kappa shape index (κ3) is 5.26. The molecular weight excluding hydrogens is 497 g/mol. The van der Waals surface area contributed by atoms with Crippen molar-refractivity contribution in [2.45, 2.75) is 62.2 Å². The molecule has 3 unspecified atom stereocenters. The molecule has 2 heterocycles. The van der Waals surface area contributed by atoms with Crippen molar-refractivity contribution in [2.75, 3.05) is 6.26 Å². The molecule has 0 spiro atoms. The van der Waals surface area contributed by atoms with Crippen molar-refractivity contribution in [1.29, 1.82) is 4.78 Å². The third-order valence-corrected chi connectivity index (χ3v) is 7.44. The summed E-state index contributed by atoms with van der Waals surface area (Å²) < 4.78 is 91.2. The topological polar surface area (TPSA) is 113 Å². The first-order chi connectivity index (χ1) is 16.1. The molecule has 2 aromatic rings. The summed E-state index contributed by atoms with van der Waals surface area (Å²) in [4.78, 5) is 16.8. The van der Waals surface area contributed by atoms with E-state index in [1.165, 1.54) is 0 Å². The van der Waals surface area contributed by atoms with Gasteiger partial charge in [0.25, 0.3) is 5.91 Å². The van der Waals surface area contributed by atoms with Crippen LogP contribution in [-0.4, -0.2) is 42.0 Å². The monoisotopic (exact) mass is 521 g/mol. The van der Waals surface area contributed by atoms with Gasteiger partial charge in [-0.05, 0) is 30.7 Å². The Morgan fingerprint density at radius 3 is 2.51 bits per heavy atom. The molecule has 2 aliphatic rings. The number of carbonyl (C=O) groups excluding carboxylic acids is 1. The largest absolute Gasteiger partial charge is 0.428 e. The molecule has 8 nitrogen and oxygen atoms in total. The van der Waals surface area contributed by atoms with Crippen molar-refractivity contribution in [3.63, 3.8) is 0 Å². The quantitative estimate of drug-likeness (QED) is 0.452. The lowest BCUT2D eigenvalue weighted by Gasteiger charge is -2.16. The first-order valence-electron chi connectivity index (χ1n) is 10.9. The lowest BCUT2D eigenvalue weighted by molar-refractivity contribution is -0.138. The minimum Gasteiger partial charge on any atom is -0.428 e. The smallest absolute Gasteiger partial charge is 0.420 e. The standard InChI is InChI=1S/C21H24F5N5O3S/c1-11-8-20(22,23)9-13(11)10-30-18(16(21(24,25)26)17(29-30)12-3-4-12)19(32)28-14-5-6-31(33)15(7-14)35(2,27)34/h5-7,11-13,27,33H,3-4,8-10H2,1-2H3. The highest BCUT2D eigenvalue weighted by atomic mass is 32.2. The van der Waals surface area contributed by atoms with Crippen molar-refractivity contribution < 1.29 is 36.2 Å². The Bertz CT molecular complexity index is 1340. The first-order valence-corrected chi connectivity index (χ1v) is 12.8. The molecular formula is C21H24F5N5O3S. The fourth-order valence-electron chi connectivity index (χ4n) is 4.52. The highest BCUT2D eigenvalue weighted by Gasteiger charge is 2.48. The van der Waals surface area contributed by atoms with E-state index < -0.39 is 74.6 Å². The maximum absolute atomic E-state index is 14.1. The van der Waals surface area contributed by atoms with Crippen molar-refractivity contribution in [3.8, 4) is 0 Å². The number of nitrogens with one attached hydrogen (secondary N) is 1. The van der Waals surface area contributed by atoms with Crippen LogP contribution in [-0.2, 0) is 22.5 Å². The van der Waals surface area contributed by atoms with Gasteiger partial charge < -0.3 is 5.21 Å². The summed E-state index contributed by atoms with van der Waals surface area (Å²) in [6.45, 7) is 1.29. The summed E-state index contributed by atoms with van der Waals surface area (Å²) in [6, 6.07) is 2.06. The molecule has 14 heteroatoms. The van der Waals surface area contributed by atoms with E-state index in [0.29, 0.717) is 17.6 Å². The van der Waals surface area contributed by atoms with Gasteiger partial charge in [0.15, 0.2) is 5.03 Å². The second kappa shape index (κ2) is 8.42. The van der Waals surface area contributed by atoms with Gasteiger partial charge in [-0.15, -0.1) is 0 Å². The van der Waals surface area contributed by atoms with Crippen LogP contribution in [0.3, 0.4) is 0 Å². The molecule has 2 fully saturated rings. The molecule has 1 amide bonds. The number of pyridine rings is 1. The molecule has 2 N–H and O–H groups in total. The van der Waals surface area contributed by atoms with Crippen LogP contribution in [0.2, 0.25) is 0 Å². The van der Waals surface area contributed by atoms with Gasteiger partial charge >= 0.3 is 6.18 Å². The van der Waals surface area contributed by atoms with Crippen LogP contribution in [0.5, 0.6) is 0 Å². The Morgan fingerprint density at radius 1 is 1.34 bits per heavy atom. The summed E-state index contributed by atoms with van der Waals surface area (Å²) in [5, 5.41) is 13.2. The molecule has 3 atom stereocenters. The van der Waals surface area contributed by atoms with Crippen LogP contribution in [0, 0.1) is 16.6 Å². The van der Waals surface area contributed by atoms with Crippen LogP contribution >= 0.6 is 0 Å². The Kier molecular flexibility index (Phi) is 6.09. The zero-order chi connectivity index (χ0) is 25.9. The van der Waals surface area contributed by atoms with Gasteiger partial charge in [0.05, 0.1) is 20.8 Å². The molecule has 2 aromatic heterocycles. The minimum atomic E-state index is -4.93. The number of carbonyl (C=O) groups is 1. The SMILES string of the molecule is CC1CC(F)(F)CC1Cn1nc(C2CC2)c(C(F)(F)F)c1C(=O)N=c1ccn(O)c(S(C)(=N)=O)c1. The normalized spacial score (nSPS) is 24.5. The zero-order valence-electron chi connectivity index (χ0n) is 18.9. The fraction of sp³-hybridized carbons (Fsp3) is 0.571. The maximum Gasteiger partial charge on any atom is 0.420 e. The average Bonchev–Trinajstić information content (AvgIpc) is 3.41. The van der Waals surface area contributed by atoms with Gasteiger partial charge in [0, 0.05) is 43.8 Å². The van der Waals surface area contributed by atoms with Crippen LogP contribution in [0.4, 0.5) is 22.0 Å². The van der Waals surface area contributed by atoms with Gasteiger partial charge in [-0.1, -0.05) is 6.92 Å². The summed E-state index contributed by atoms with van der Waals surface area (Å²) >= 11 is 0. The molecule has 0 aliphatic heterocycles.